The molecular weight excluding hydrogens is 342 g/mol. The number of hydrogen-bond acceptors (Lipinski definition) is 4. The molecule has 0 aliphatic rings. The van der Waals surface area contributed by atoms with Crippen LogP contribution in [0.25, 0.3) is 0 Å². The second kappa shape index (κ2) is 8.53. The number of ether oxygens (including phenoxy) is 2. The Morgan fingerprint density at radius 3 is 2.56 bits per heavy atom. The van der Waals surface area contributed by atoms with Crippen molar-refractivity contribution in [2.24, 2.45) is 0 Å². The number of amides is 1. The SMILES string of the molecule is CCOc1cc(C=O)cc(Cl)c1OCC(=O)Nc1ccc(C)c(C)c1. The van der Waals surface area contributed by atoms with Crippen LogP contribution in [0, 0.1) is 13.8 Å². The van der Waals surface area contributed by atoms with Crippen LogP contribution in [0.2, 0.25) is 5.02 Å². The van der Waals surface area contributed by atoms with Crippen LogP contribution in [0.5, 0.6) is 11.5 Å². The van der Waals surface area contributed by atoms with Crippen molar-refractivity contribution in [2.75, 3.05) is 18.5 Å². The highest BCUT2D eigenvalue weighted by Crippen LogP contribution is 2.36. The summed E-state index contributed by atoms with van der Waals surface area (Å²) in [6.45, 7) is 5.93. The van der Waals surface area contributed by atoms with E-state index in [2.05, 4.69) is 5.32 Å². The van der Waals surface area contributed by atoms with Gasteiger partial charge in [-0.3, -0.25) is 9.59 Å². The second-order valence-corrected chi connectivity index (χ2v) is 5.92. The van der Waals surface area contributed by atoms with E-state index in [1.165, 1.54) is 12.1 Å². The first-order valence-corrected chi connectivity index (χ1v) is 8.23. The monoisotopic (exact) mass is 361 g/mol. The molecule has 25 heavy (non-hydrogen) atoms. The minimum Gasteiger partial charge on any atom is -0.490 e. The van der Waals surface area contributed by atoms with E-state index < -0.39 is 0 Å². The molecule has 5 nitrogen and oxygen atoms in total. The molecule has 0 aliphatic carbocycles. The van der Waals surface area contributed by atoms with Crippen LogP contribution in [0.15, 0.2) is 30.3 Å². The Kier molecular flexibility index (Phi) is 6.42. The Morgan fingerprint density at radius 1 is 1.16 bits per heavy atom. The Labute approximate surface area is 151 Å². The third-order valence-electron chi connectivity index (χ3n) is 3.61. The van der Waals surface area contributed by atoms with Gasteiger partial charge in [-0.2, -0.15) is 0 Å². The molecule has 0 bridgehead atoms. The number of nitrogens with one attached hydrogen (secondary N) is 1. The molecular formula is C19H20ClNO4. The molecule has 0 unspecified atom stereocenters. The number of aryl methyl sites for hydroxylation is 2. The lowest BCUT2D eigenvalue weighted by Gasteiger charge is -2.14. The van der Waals surface area contributed by atoms with Crippen LogP contribution in [0.1, 0.15) is 28.4 Å². The van der Waals surface area contributed by atoms with Crippen molar-refractivity contribution in [3.63, 3.8) is 0 Å². The summed E-state index contributed by atoms with van der Waals surface area (Å²) in [5.41, 5.74) is 3.31. The van der Waals surface area contributed by atoms with Gasteiger partial charge in [0, 0.05) is 11.3 Å². The van der Waals surface area contributed by atoms with Crippen molar-refractivity contribution in [3.8, 4) is 11.5 Å². The first-order valence-electron chi connectivity index (χ1n) is 7.86. The highest BCUT2D eigenvalue weighted by Gasteiger charge is 2.14. The van der Waals surface area contributed by atoms with Gasteiger partial charge in [0.2, 0.25) is 0 Å². The molecule has 0 fully saturated rings. The number of carbonyl (C=O) groups excluding carboxylic acids is 2. The van der Waals surface area contributed by atoms with Gasteiger partial charge in [-0.25, -0.2) is 0 Å². The van der Waals surface area contributed by atoms with Crippen LogP contribution < -0.4 is 14.8 Å². The molecule has 2 aromatic rings. The van der Waals surface area contributed by atoms with E-state index in [0.717, 1.165) is 11.1 Å². The zero-order valence-electron chi connectivity index (χ0n) is 14.4. The van der Waals surface area contributed by atoms with E-state index in [4.69, 9.17) is 21.1 Å². The first kappa shape index (κ1) is 18.8. The van der Waals surface area contributed by atoms with E-state index in [9.17, 15) is 9.59 Å². The first-order chi connectivity index (χ1) is 11.9. The quantitative estimate of drug-likeness (QED) is 0.751. The molecule has 0 aliphatic heterocycles. The zero-order valence-corrected chi connectivity index (χ0v) is 15.1. The van der Waals surface area contributed by atoms with Crippen LogP contribution >= 0.6 is 11.6 Å². The molecule has 6 heteroatoms. The van der Waals surface area contributed by atoms with Crippen LogP contribution in [0.3, 0.4) is 0 Å². The van der Waals surface area contributed by atoms with Crippen LogP contribution in [0.4, 0.5) is 5.69 Å². The molecule has 0 aromatic heterocycles. The Hall–Kier alpha value is -2.53. The number of carbonyl (C=O) groups is 2. The zero-order chi connectivity index (χ0) is 18.4. The van der Waals surface area contributed by atoms with Crippen molar-refractivity contribution in [1.82, 2.24) is 0 Å². The molecule has 1 N–H and O–H groups in total. The minimum absolute atomic E-state index is 0.215. The van der Waals surface area contributed by atoms with Crippen molar-refractivity contribution in [2.45, 2.75) is 20.8 Å². The van der Waals surface area contributed by atoms with Gasteiger partial charge in [0.05, 0.1) is 11.6 Å². The molecule has 132 valence electrons. The maximum atomic E-state index is 12.1. The molecule has 2 rings (SSSR count). The number of rotatable bonds is 7. The summed E-state index contributed by atoms with van der Waals surface area (Å²) in [4.78, 5) is 23.0. The molecule has 0 saturated heterocycles. The molecule has 2 aromatic carbocycles. The summed E-state index contributed by atoms with van der Waals surface area (Å²) in [6, 6.07) is 8.66. The topological polar surface area (TPSA) is 64.6 Å². The third kappa shape index (κ3) is 4.97. The van der Waals surface area contributed by atoms with Gasteiger partial charge in [0.15, 0.2) is 18.1 Å². The normalized spacial score (nSPS) is 10.2. The van der Waals surface area contributed by atoms with E-state index in [1.54, 1.807) is 6.92 Å². The highest BCUT2D eigenvalue weighted by atomic mass is 35.5. The van der Waals surface area contributed by atoms with Crippen molar-refractivity contribution >= 4 is 29.5 Å². The predicted molar refractivity (Wildman–Crippen MR) is 98.0 cm³/mol. The fraction of sp³-hybridized carbons (Fsp3) is 0.263. The molecule has 0 saturated carbocycles. The Bertz CT molecular complexity index is 789. The van der Waals surface area contributed by atoms with Gasteiger partial charge in [-0.1, -0.05) is 17.7 Å². The largest absolute Gasteiger partial charge is 0.490 e. The smallest absolute Gasteiger partial charge is 0.262 e. The third-order valence-corrected chi connectivity index (χ3v) is 3.89. The van der Waals surface area contributed by atoms with Gasteiger partial charge in [-0.05, 0) is 56.2 Å². The van der Waals surface area contributed by atoms with Gasteiger partial charge >= 0.3 is 0 Å². The average molecular weight is 362 g/mol. The highest BCUT2D eigenvalue weighted by molar-refractivity contribution is 6.32. The fourth-order valence-corrected chi connectivity index (χ4v) is 2.49. The summed E-state index contributed by atoms with van der Waals surface area (Å²) < 4.78 is 11.0. The predicted octanol–water partition coefficient (Wildman–Crippen LogP) is 4.19. The number of anilines is 1. The van der Waals surface area contributed by atoms with E-state index >= 15 is 0 Å². The van der Waals surface area contributed by atoms with Gasteiger partial charge in [0.1, 0.15) is 6.29 Å². The molecule has 0 spiro atoms. The number of halogens is 1. The van der Waals surface area contributed by atoms with Crippen molar-refractivity contribution < 1.29 is 19.1 Å². The van der Waals surface area contributed by atoms with Crippen LogP contribution in [-0.4, -0.2) is 25.4 Å². The van der Waals surface area contributed by atoms with Crippen molar-refractivity contribution in [3.05, 3.63) is 52.0 Å². The Morgan fingerprint density at radius 2 is 1.92 bits per heavy atom. The lowest BCUT2D eigenvalue weighted by atomic mass is 10.1. The molecule has 0 radical (unpaired) electrons. The number of hydrogen-bond donors (Lipinski definition) is 1. The summed E-state index contributed by atoms with van der Waals surface area (Å²) in [6.07, 6.45) is 0.671. The lowest BCUT2D eigenvalue weighted by molar-refractivity contribution is -0.118. The van der Waals surface area contributed by atoms with Crippen molar-refractivity contribution in [1.29, 1.82) is 0 Å². The maximum absolute atomic E-state index is 12.1. The maximum Gasteiger partial charge on any atom is 0.262 e. The van der Waals surface area contributed by atoms with E-state index in [-0.39, 0.29) is 23.3 Å². The standard InChI is InChI=1S/C19H20ClNO4/c1-4-24-17-9-14(10-22)8-16(20)19(17)25-11-18(23)21-15-6-5-12(2)13(3)7-15/h5-10H,4,11H2,1-3H3,(H,21,23). The fourth-order valence-electron chi connectivity index (χ4n) is 2.21. The van der Waals surface area contributed by atoms with E-state index in [0.29, 0.717) is 29.9 Å². The second-order valence-electron chi connectivity index (χ2n) is 5.52. The van der Waals surface area contributed by atoms with Gasteiger partial charge in [-0.15, -0.1) is 0 Å². The molecule has 1 amide bonds. The lowest BCUT2D eigenvalue weighted by Crippen LogP contribution is -2.20. The number of aldehydes is 1. The average Bonchev–Trinajstić information content (AvgIpc) is 2.57. The summed E-state index contributed by atoms with van der Waals surface area (Å²) in [5, 5.41) is 2.98. The summed E-state index contributed by atoms with van der Waals surface area (Å²) in [5.74, 6) is 0.252. The van der Waals surface area contributed by atoms with Gasteiger partial charge in [0.25, 0.3) is 5.91 Å². The van der Waals surface area contributed by atoms with Crippen LogP contribution in [-0.2, 0) is 4.79 Å². The summed E-state index contributed by atoms with van der Waals surface area (Å²) in [7, 11) is 0. The molecule has 0 atom stereocenters. The Balaban J connectivity index is 2.08. The summed E-state index contributed by atoms with van der Waals surface area (Å²) >= 11 is 6.14. The number of benzene rings is 2. The van der Waals surface area contributed by atoms with Gasteiger partial charge < -0.3 is 14.8 Å². The van der Waals surface area contributed by atoms with E-state index in [1.807, 2.05) is 32.0 Å². The molecule has 0 heterocycles. The minimum atomic E-state index is -0.318.